The Kier molecular flexibility index (Phi) is 3.48. The predicted octanol–water partition coefficient (Wildman–Crippen LogP) is 1.30. The SMILES string of the molecule is NCc1ccc(CN2CC=CCC2)nc1. The Morgan fingerprint density at radius 1 is 1.33 bits per heavy atom. The maximum absolute atomic E-state index is 5.52. The monoisotopic (exact) mass is 203 g/mol. The molecule has 1 aromatic rings. The van der Waals surface area contributed by atoms with E-state index in [4.69, 9.17) is 5.73 Å². The van der Waals surface area contributed by atoms with Crippen LogP contribution in [0.5, 0.6) is 0 Å². The van der Waals surface area contributed by atoms with Crippen LogP contribution in [0, 0.1) is 0 Å². The van der Waals surface area contributed by atoms with E-state index in [-0.39, 0.29) is 0 Å². The summed E-state index contributed by atoms with van der Waals surface area (Å²) in [6.07, 6.45) is 7.48. The summed E-state index contributed by atoms with van der Waals surface area (Å²) >= 11 is 0. The van der Waals surface area contributed by atoms with Gasteiger partial charge in [0, 0.05) is 32.4 Å². The summed E-state index contributed by atoms with van der Waals surface area (Å²) in [6.45, 7) is 3.69. The molecule has 1 aliphatic rings. The molecule has 3 nitrogen and oxygen atoms in total. The topological polar surface area (TPSA) is 42.1 Å². The first-order valence-corrected chi connectivity index (χ1v) is 5.40. The molecule has 0 unspecified atom stereocenters. The summed E-state index contributed by atoms with van der Waals surface area (Å²) in [6, 6.07) is 4.13. The van der Waals surface area contributed by atoms with Crippen LogP contribution in [0.15, 0.2) is 30.5 Å². The van der Waals surface area contributed by atoms with Crippen LogP contribution in [-0.2, 0) is 13.1 Å². The standard InChI is InChI=1S/C12H17N3/c13-8-11-4-5-12(14-9-11)10-15-6-2-1-3-7-15/h1-2,4-5,9H,3,6-8,10,13H2. The summed E-state index contributed by atoms with van der Waals surface area (Å²) in [4.78, 5) is 6.79. The molecular weight excluding hydrogens is 186 g/mol. The van der Waals surface area contributed by atoms with Gasteiger partial charge in [-0.2, -0.15) is 0 Å². The van der Waals surface area contributed by atoms with Crippen LogP contribution in [0.25, 0.3) is 0 Å². The predicted molar refractivity (Wildman–Crippen MR) is 61.2 cm³/mol. The van der Waals surface area contributed by atoms with Gasteiger partial charge in [0.15, 0.2) is 0 Å². The zero-order valence-corrected chi connectivity index (χ0v) is 8.89. The van der Waals surface area contributed by atoms with Crippen molar-refractivity contribution in [2.75, 3.05) is 13.1 Å². The first-order chi connectivity index (χ1) is 7.38. The molecule has 2 rings (SSSR count). The highest BCUT2D eigenvalue weighted by molar-refractivity contribution is 5.13. The number of hydrogen-bond acceptors (Lipinski definition) is 3. The summed E-state index contributed by atoms with van der Waals surface area (Å²) < 4.78 is 0. The lowest BCUT2D eigenvalue weighted by Gasteiger charge is -2.22. The van der Waals surface area contributed by atoms with Crippen molar-refractivity contribution in [3.8, 4) is 0 Å². The van der Waals surface area contributed by atoms with Gasteiger partial charge in [-0.15, -0.1) is 0 Å². The van der Waals surface area contributed by atoms with Crippen LogP contribution in [0.1, 0.15) is 17.7 Å². The van der Waals surface area contributed by atoms with Crippen molar-refractivity contribution < 1.29 is 0 Å². The second-order valence-electron chi connectivity index (χ2n) is 3.86. The van der Waals surface area contributed by atoms with Gasteiger partial charge in [-0.05, 0) is 18.1 Å². The Morgan fingerprint density at radius 3 is 2.87 bits per heavy atom. The molecule has 3 heteroatoms. The fraction of sp³-hybridized carbons (Fsp3) is 0.417. The maximum Gasteiger partial charge on any atom is 0.0544 e. The Balaban J connectivity index is 1.95. The Bertz CT molecular complexity index is 329. The lowest BCUT2D eigenvalue weighted by molar-refractivity contribution is 0.287. The molecule has 0 amide bonds. The number of pyridine rings is 1. The van der Waals surface area contributed by atoms with Gasteiger partial charge in [-0.1, -0.05) is 18.2 Å². The molecule has 0 bridgehead atoms. The molecule has 0 fully saturated rings. The lowest BCUT2D eigenvalue weighted by atomic mass is 10.2. The van der Waals surface area contributed by atoms with E-state index in [0.717, 1.165) is 37.3 Å². The van der Waals surface area contributed by atoms with Crippen molar-refractivity contribution in [3.05, 3.63) is 41.7 Å². The van der Waals surface area contributed by atoms with E-state index in [1.165, 1.54) is 0 Å². The van der Waals surface area contributed by atoms with E-state index in [1.54, 1.807) is 0 Å². The molecule has 2 N–H and O–H groups in total. The van der Waals surface area contributed by atoms with E-state index in [9.17, 15) is 0 Å². The van der Waals surface area contributed by atoms with Gasteiger partial charge in [-0.25, -0.2) is 0 Å². The molecule has 0 atom stereocenters. The van der Waals surface area contributed by atoms with Crippen molar-refractivity contribution in [3.63, 3.8) is 0 Å². The van der Waals surface area contributed by atoms with Crippen molar-refractivity contribution in [1.82, 2.24) is 9.88 Å². The summed E-state index contributed by atoms with van der Waals surface area (Å²) in [5, 5.41) is 0. The van der Waals surface area contributed by atoms with Gasteiger partial charge in [0.2, 0.25) is 0 Å². The number of hydrogen-bond donors (Lipinski definition) is 1. The first kappa shape index (κ1) is 10.3. The van der Waals surface area contributed by atoms with Crippen molar-refractivity contribution in [1.29, 1.82) is 0 Å². The first-order valence-electron chi connectivity index (χ1n) is 5.40. The van der Waals surface area contributed by atoms with Gasteiger partial charge >= 0.3 is 0 Å². The highest BCUT2D eigenvalue weighted by atomic mass is 15.1. The van der Waals surface area contributed by atoms with Crippen molar-refractivity contribution in [2.24, 2.45) is 5.73 Å². The average molecular weight is 203 g/mol. The normalized spacial score (nSPS) is 16.9. The minimum Gasteiger partial charge on any atom is -0.326 e. The molecule has 2 heterocycles. The third-order valence-electron chi connectivity index (χ3n) is 2.65. The summed E-state index contributed by atoms with van der Waals surface area (Å²) in [5.41, 5.74) is 7.75. The smallest absolute Gasteiger partial charge is 0.0544 e. The maximum atomic E-state index is 5.52. The van der Waals surface area contributed by atoms with E-state index < -0.39 is 0 Å². The fourth-order valence-electron chi connectivity index (χ4n) is 1.73. The van der Waals surface area contributed by atoms with Gasteiger partial charge < -0.3 is 5.73 Å². The molecule has 0 aromatic carbocycles. The van der Waals surface area contributed by atoms with Crippen LogP contribution in [-0.4, -0.2) is 23.0 Å². The number of nitrogens with zero attached hydrogens (tertiary/aromatic N) is 2. The zero-order chi connectivity index (χ0) is 10.5. The van der Waals surface area contributed by atoms with Crippen molar-refractivity contribution >= 4 is 0 Å². The molecule has 0 aliphatic carbocycles. The lowest BCUT2D eigenvalue weighted by Crippen LogP contribution is -2.27. The second-order valence-corrected chi connectivity index (χ2v) is 3.86. The molecule has 1 aromatic heterocycles. The Morgan fingerprint density at radius 2 is 2.27 bits per heavy atom. The van der Waals surface area contributed by atoms with Gasteiger partial charge in [0.05, 0.1) is 5.69 Å². The van der Waals surface area contributed by atoms with E-state index in [1.807, 2.05) is 6.20 Å². The molecular formula is C12H17N3. The third-order valence-corrected chi connectivity index (χ3v) is 2.65. The molecule has 1 aliphatic heterocycles. The van der Waals surface area contributed by atoms with E-state index in [0.29, 0.717) is 6.54 Å². The van der Waals surface area contributed by atoms with Gasteiger partial charge in [0.1, 0.15) is 0 Å². The van der Waals surface area contributed by atoms with Gasteiger partial charge in [0.25, 0.3) is 0 Å². The van der Waals surface area contributed by atoms with Crippen LogP contribution >= 0.6 is 0 Å². The minimum absolute atomic E-state index is 0.569. The average Bonchev–Trinajstić information content (AvgIpc) is 2.31. The Hall–Kier alpha value is -1.19. The summed E-state index contributed by atoms with van der Waals surface area (Å²) in [5.74, 6) is 0. The molecule has 15 heavy (non-hydrogen) atoms. The number of aromatic nitrogens is 1. The van der Waals surface area contributed by atoms with Crippen molar-refractivity contribution in [2.45, 2.75) is 19.5 Å². The van der Waals surface area contributed by atoms with E-state index >= 15 is 0 Å². The van der Waals surface area contributed by atoms with Crippen LogP contribution in [0.2, 0.25) is 0 Å². The Labute approximate surface area is 90.6 Å². The van der Waals surface area contributed by atoms with Crippen LogP contribution in [0.4, 0.5) is 0 Å². The number of rotatable bonds is 3. The highest BCUT2D eigenvalue weighted by Gasteiger charge is 2.06. The largest absolute Gasteiger partial charge is 0.326 e. The third kappa shape index (κ3) is 2.88. The quantitative estimate of drug-likeness (QED) is 0.753. The van der Waals surface area contributed by atoms with E-state index in [2.05, 4.69) is 34.2 Å². The van der Waals surface area contributed by atoms with Crippen LogP contribution < -0.4 is 5.73 Å². The van der Waals surface area contributed by atoms with Crippen LogP contribution in [0.3, 0.4) is 0 Å². The highest BCUT2D eigenvalue weighted by Crippen LogP contribution is 2.07. The zero-order valence-electron chi connectivity index (χ0n) is 8.89. The molecule has 0 saturated carbocycles. The molecule has 0 spiro atoms. The molecule has 80 valence electrons. The summed E-state index contributed by atoms with van der Waals surface area (Å²) in [7, 11) is 0. The molecule has 0 saturated heterocycles. The minimum atomic E-state index is 0.569. The second kappa shape index (κ2) is 5.05. The molecule has 0 radical (unpaired) electrons. The fourth-order valence-corrected chi connectivity index (χ4v) is 1.73. The number of nitrogens with two attached hydrogens (primary N) is 1. The van der Waals surface area contributed by atoms with Gasteiger partial charge in [-0.3, -0.25) is 9.88 Å².